The molecular weight excluding hydrogens is 1120 g/mol. The van der Waals surface area contributed by atoms with Crippen molar-refractivity contribution in [2.24, 2.45) is 0 Å². The Balaban J connectivity index is 1.03. The standard InChI is InChI=1S/C93H170/c1-3-5-7-9-11-13-15-17-19-21-23-25-27-29-31-33-35-37-39-41-43-45-47-49-51-53-55-57-59-61-63-65-67-69-71-73-75-81-87-93(91-85-79-77-83-89(91)90-84-78-80-86-92(90)93)88-82-76-74-72-70-68-66-64-62-60-58-56-54-52-50-48-46-44-42-40-38-36-34-32-30-28-26-24-22-20-18-16-14-12-10-8-6-4-2/h77-80,83-86H,3-76,81-82,87-88H2,1-2H3. The number of rotatable bonds is 78. The van der Waals surface area contributed by atoms with Crippen LogP contribution in [0.1, 0.15) is 526 Å². The van der Waals surface area contributed by atoms with Crippen LogP contribution in [0.3, 0.4) is 0 Å². The molecule has 0 heterocycles. The van der Waals surface area contributed by atoms with Crippen molar-refractivity contribution >= 4 is 0 Å². The molecule has 0 amide bonds. The lowest BCUT2D eigenvalue weighted by Gasteiger charge is -2.33. The molecule has 1 aliphatic rings. The van der Waals surface area contributed by atoms with Gasteiger partial charge in [-0.15, -0.1) is 0 Å². The van der Waals surface area contributed by atoms with Gasteiger partial charge in [0.25, 0.3) is 0 Å². The molecule has 0 aromatic heterocycles. The van der Waals surface area contributed by atoms with Crippen molar-refractivity contribution in [3.63, 3.8) is 0 Å². The summed E-state index contributed by atoms with van der Waals surface area (Å²) in [7, 11) is 0. The fraction of sp³-hybridized carbons (Fsp3) is 0.871. The average Bonchev–Trinajstić information content (AvgIpc) is 1.58. The minimum absolute atomic E-state index is 0.224. The Bertz CT molecular complexity index is 1620. The molecule has 0 unspecified atom stereocenters. The van der Waals surface area contributed by atoms with Gasteiger partial charge < -0.3 is 0 Å². The van der Waals surface area contributed by atoms with Crippen LogP contribution in [-0.2, 0) is 5.41 Å². The predicted molar refractivity (Wildman–Crippen MR) is 424 cm³/mol. The first kappa shape index (κ1) is 85.7. The second-order valence-electron chi connectivity index (χ2n) is 31.8. The average molecular weight is 1290 g/mol. The van der Waals surface area contributed by atoms with E-state index in [0.717, 1.165) is 0 Å². The van der Waals surface area contributed by atoms with E-state index in [4.69, 9.17) is 0 Å². The van der Waals surface area contributed by atoms with Crippen LogP contribution in [0.25, 0.3) is 11.1 Å². The van der Waals surface area contributed by atoms with Gasteiger partial charge in [-0.05, 0) is 35.1 Å². The zero-order valence-corrected chi connectivity index (χ0v) is 64.3. The summed E-state index contributed by atoms with van der Waals surface area (Å²) in [6.07, 6.45) is 115. The Morgan fingerprint density at radius 1 is 0.151 bits per heavy atom. The third-order valence-electron chi connectivity index (χ3n) is 23.1. The molecule has 0 saturated heterocycles. The van der Waals surface area contributed by atoms with Crippen LogP contribution in [0.2, 0.25) is 0 Å². The number of hydrogen-bond donors (Lipinski definition) is 0. The zero-order chi connectivity index (χ0) is 65.6. The highest BCUT2D eigenvalue weighted by atomic mass is 14.4. The largest absolute Gasteiger partial charge is 0.0654 e. The van der Waals surface area contributed by atoms with E-state index in [1.807, 2.05) is 0 Å². The second-order valence-corrected chi connectivity index (χ2v) is 31.8. The molecule has 93 heavy (non-hydrogen) atoms. The van der Waals surface area contributed by atoms with Gasteiger partial charge in [0.15, 0.2) is 0 Å². The Morgan fingerprint density at radius 3 is 0.409 bits per heavy atom. The van der Waals surface area contributed by atoms with Crippen LogP contribution < -0.4 is 0 Å². The van der Waals surface area contributed by atoms with Crippen molar-refractivity contribution in [3.8, 4) is 11.1 Å². The van der Waals surface area contributed by atoms with E-state index < -0.39 is 0 Å². The van der Waals surface area contributed by atoms with Crippen LogP contribution in [0, 0.1) is 0 Å². The number of hydrogen-bond acceptors (Lipinski definition) is 0. The van der Waals surface area contributed by atoms with Crippen LogP contribution in [-0.4, -0.2) is 0 Å². The first-order valence-corrected chi connectivity index (χ1v) is 44.5. The van der Waals surface area contributed by atoms with E-state index >= 15 is 0 Å². The molecule has 0 bridgehead atoms. The maximum atomic E-state index is 2.51. The summed E-state index contributed by atoms with van der Waals surface area (Å²) >= 11 is 0. The lowest BCUT2D eigenvalue weighted by atomic mass is 9.70. The van der Waals surface area contributed by atoms with E-state index in [1.165, 1.54) is 512 Å². The van der Waals surface area contributed by atoms with Gasteiger partial charge in [-0.1, -0.05) is 550 Å². The molecule has 542 valence electrons. The third kappa shape index (κ3) is 50.4. The van der Waals surface area contributed by atoms with Crippen molar-refractivity contribution in [2.45, 2.75) is 520 Å². The molecular formula is C93H170. The molecule has 0 atom stereocenters. The number of benzene rings is 2. The Hall–Kier alpha value is -1.56. The van der Waals surface area contributed by atoms with Gasteiger partial charge in [0.05, 0.1) is 0 Å². The van der Waals surface area contributed by atoms with Gasteiger partial charge >= 0.3 is 0 Å². The molecule has 0 radical (unpaired) electrons. The first-order chi connectivity index (χ1) is 46.3. The lowest BCUT2D eigenvalue weighted by Crippen LogP contribution is -2.25. The summed E-state index contributed by atoms with van der Waals surface area (Å²) in [5.41, 5.74) is 6.58. The molecule has 0 spiro atoms. The number of fused-ring (bicyclic) bond motifs is 3. The minimum Gasteiger partial charge on any atom is -0.0654 e. The smallest absolute Gasteiger partial charge is 0.0215 e. The van der Waals surface area contributed by atoms with Gasteiger partial charge in [-0.3, -0.25) is 0 Å². The molecule has 0 nitrogen and oxygen atoms in total. The molecule has 0 fully saturated rings. The summed E-state index contributed by atoms with van der Waals surface area (Å²) in [6.45, 7) is 4.63. The van der Waals surface area contributed by atoms with E-state index in [0.29, 0.717) is 0 Å². The summed E-state index contributed by atoms with van der Waals surface area (Å²) in [4.78, 5) is 0. The highest BCUT2D eigenvalue weighted by molar-refractivity contribution is 5.81. The quantitative estimate of drug-likeness (QED) is 0.0579. The van der Waals surface area contributed by atoms with Crippen molar-refractivity contribution in [1.82, 2.24) is 0 Å². The Morgan fingerprint density at radius 2 is 0.269 bits per heavy atom. The van der Waals surface area contributed by atoms with Gasteiger partial charge in [0.2, 0.25) is 0 Å². The summed E-state index contributed by atoms with van der Waals surface area (Å²) in [6, 6.07) is 19.1. The van der Waals surface area contributed by atoms with Crippen LogP contribution in [0.15, 0.2) is 48.5 Å². The monoisotopic (exact) mass is 1290 g/mol. The highest BCUT2D eigenvalue weighted by Gasteiger charge is 2.41. The molecule has 0 aliphatic heterocycles. The van der Waals surface area contributed by atoms with E-state index in [9.17, 15) is 0 Å². The van der Waals surface area contributed by atoms with E-state index in [-0.39, 0.29) is 5.41 Å². The normalized spacial score (nSPS) is 12.6. The van der Waals surface area contributed by atoms with E-state index in [1.54, 1.807) is 11.1 Å². The fourth-order valence-corrected chi connectivity index (χ4v) is 16.8. The van der Waals surface area contributed by atoms with E-state index in [2.05, 4.69) is 62.4 Å². The molecule has 0 saturated carbocycles. The van der Waals surface area contributed by atoms with Crippen molar-refractivity contribution in [2.75, 3.05) is 0 Å². The summed E-state index contributed by atoms with van der Waals surface area (Å²) < 4.78 is 0. The number of unbranched alkanes of at least 4 members (excludes halogenated alkanes) is 74. The lowest BCUT2D eigenvalue weighted by molar-refractivity contribution is 0.397. The molecule has 2 aromatic carbocycles. The SMILES string of the molecule is CCCCCCCCCCCCCCCCCCCCCCCCCCCCCCCCCCCCCCCCC1(CCCCCCCCCCCCCCCCCCCCCCCCCCCCCCCCCCCCCCCC)c2ccccc2-c2ccccc21. The minimum atomic E-state index is 0.224. The van der Waals surface area contributed by atoms with Crippen molar-refractivity contribution in [1.29, 1.82) is 0 Å². The molecule has 1 aliphatic carbocycles. The molecule has 0 heteroatoms. The fourth-order valence-electron chi connectivity index (χ4n) is 16.8. The Kier molecular flexibility index (Phi) is 63.5. The third-order valence-corrected chi connectivity index (χ3v) is 23.1. The van der Waals surface area contributed by atoms with Crippen molar-refractivity contribution in [3.05, 3.63) is 59.7 Å². The maximum absolute atomic E-state index is 2.51. The Labute approximate surface area is 587 Å². The second kappa shape index (κ2) is 68.9. The van der Waals surface area contributed by atoms with Crippen LogP contribution >= 0.6 is 0 Å². The highest BCUT2D eigenvalue weighted by Crippen LogP contribution is 2.54. The predicted octanol–water partition coefficient (Wildman–Crippen LogP) is 34.4. The van der Waals surface area contributed by atoms with Gasteiger partial charge in [-0.25, -0.2) is 0 Å². The summed E-state index contributed by atoms with van der Waals surface area (Å²) in [5.74, 6) is 0. The van der Waals surface area contributed by atoms with Crippen LogP contribution in [0.5, 0.6) is 0 Å². The molecule has 3 rings (SSSR count). The molecule has 0 N–H and O–H groups in total. The summed E-state index contributed by atoms with van der Waals surface area (Å²) in [5, 5.41) is 0. The van der Waals surface area contributed by atoms with Crippen LogP contribution in [0.4, 0.5) is 0 Å². The van der Waals surface area contributed by atoms with Crippen molar-refractivity contribution < 1.29 is 0 Å². The topological polar surface area (TPSA) is 0 Å². The molecule has 2 aromatic rings. The maximum Gasteiger partial charge on any atom is 0.0215 e. The first-order valence-electron chi connectivity index (χ1n) is 44.5. The van der Waals surface area contributed by atoms with Gasteiger partial charge in [-0.2, -0.15) is 0 Å². The van der Waals surface area contributed by atoms with Gasteiger partial charge in [0, 0.05) is 5.41 Å². The van der Waals surface area contributed by atoms with Gasteiger partial charge in [0.1, 0.15) is 0 Å². The zero-order valence-electron chi connectivity index (χ0n) is 64.3.